The lowest BCUT2D eigenvalue weighted by Crippen LogP contribution is -2.73. The highest BCUT2D eigenvalue weighted by atomic mass is 32.2. The van der Waals surface area contributed by atoms with E-state index in [0.717, 1.165) is 16.1 Å². The van der Waals surface area contributed by atoms with Gasteiger partial charge in [0.15, 0.2) is 10.8 Å². The van der Waals surface area contributed by atoms with E-state index >= 15 is 0 Å². The maximum Gasteiger partial charge on any atom is 0.413 e. The molecule has 2 aromatic heterocycles. The topological polar surface area (TPSA) is 234 Å². The molecule has 3 rings (SSSR count). The fraction of sp³-hybridized carbons (Fsp3) is 0.600. The number of esters is 1. The minimum Gasteiger partial charge on any atom is -0.457 e. The number of nitrogens with zero attached hydrogens (tertiary/aromatic N) is 6. The third kappa shape index (κ3) is 9.41. The molecule has 1 saturated heterocycles. The standard InChI is InChI=1S/C25H36N8O10S2/c1-13-10-26-32(30-13)11-15-17(19(35)33(15)45(38,39)40)28-18(34)16(31-43-25(8,9)20(36)41-23(2,3)4)14-12-44-21(27-14)29-22(37)42-24(5,6)7/h10,12,15,17H,11H2,1-9H3,(H,28,34)(H,27,29,37)(H,38,39,40)/b31-16+/t15-,17+/m1/s1. The molecule has 0 aromatic carbocycles. The van der Waals surface area contributed by atoms with E-state index in [-0.39, 0.29) is 21.7 Å². The van der Waals surface area contributed by atoms with Crippen LogP contribution < -0.4 is 10.6 Å². The van der Waals surface area contributed by atoms with E-state index in [0.29, 0.717) is 5.69 Å². The van der Waals surface area contributed by atoms with Crippen LogP contribution in [0.1, 0.15) is 66.8 Å². The van der Waals surface area contributed by atoms with Gasteiger partial charge in [0.25, 0.3) is 11.8 Å². The maximum atomic E-state index is 13.6. The smallest absolute Gasteiger partial charge is 0.413 e. The number of nitrogens with one attached hydrogen (secondary N) is 2. The summed E-state index contributed by atoms with van der Waals surface area (Å²) in [6.45, 7) is 14.0. The summed E-state index contributed by atoms with van der Waals surface area (Å²) in [5.41, 5.74) is -3.54. The Labute approximate surface area is 263 Å². The Morgan fingerprint density at radius 1 is 1.09 bits per heavy atom. The van der Waals surface area contributed by atoms with Crippen molar-refractivity contribution in [1.82, 2.24) is 29.6 Å². The first kappa shape index (κ1) is 35.3. The quantitative estimate of drug-likeness (QED) is 0.107. The second-order valence-corrected chi connectivity index (χ2v) is 14.5. The van der Waals surface area contributed by atoms with Crippen LogP contribution in [0.15, 0.2) is 16.7 Å². The fourth-order valence-corrected chi connectivity index (χ4v) is 5.18. The van der Waals surface area contributed by atoms with Crippen LogP contribution >= 0.6 is 11.3 Å². The number of carbonyl (C=O) groups is 4. The van der Waals surface area contributed by atoms with Crippen molar-refractivity contribution in [2.45, 2.75) is 97.7 Å². The molecule has 1 aliphatic heterocycles. The molecule has 20 heteroatoms. The Kier molecular flexibility index (Phi) is 9.95. The Hall–Kier alpha value is -4.17. The fourth-order valence-electron chi connectivity index (χ4n) is 3.62. The van der Waals surface area contributed by atoms with Crippen molar-refractivity contribution in [2.24, 2.45) is 5.16 Å². The number of hydrogen-bond acceptors (Lipinski definition) is 14. The van der Waals surface area contributed by atoms with Crippen molar-refractivity contribution in [3.8, 4) is 0 Å². The van der Waals surface area contributed by atoms with Gasteiger partial charge in [-0.15, -0.1) is 11.3 Å². The molecule has 2 atom stereocenters. The normalized spacial score (nSPS) is 17.8. The first-order valence-electron chi connectivity index (χ1n) is 13.4. The molecule has 1 fully saturated rings. The number of carbonyl (C=O) groups excluding carboxylic acids is 4. The highest BCUT2D eigenvalue weighted by Gasteiger charge is 2.54. The monoisotopic (exact) mass is 672 g/mol. The minimum absolute atomic E-state index is 0.0152. The molecular weight excluding hydrogens is 636 g/mol. The van der Waals surface area contributed by atoms with E-state index in [1.807, 2.05) is 0 Å². The van der Waals surface area contributed by atoms with Gasteiger partial charge < -0.3 is 19.6 Å². The molecule has 2 aromatic rings. The number of ether oxygens (including phenoxy) is 2. The van der Waals surface area contributed by atoms with Gasteiger partial charge in [-0.2, -0.15) is 23.4 Å². The molecule has 18 nitrogen and oxygen atoms in total. The predicted octanol–water partition coefficient (Wildman–Crippen LogP) is 1.43. The van der Waals surface area contributed by atoms with Crippen LogP contribution in [0.3, 0.4) is 0 Å². The third-order valence-corrected chi connectivity index (χ3v) is 7.24. The first-order chi connectivity index (χ1) is 20.5. The largest absolute Gasteiger partial charge is 0.457 e. The Morgan fingerprint density at radius 3 is 2.24 bits per heavy atom. The van der Waals surface area contributed by atoms with Crippen LogP contribution in [0.25, 0.3) is 0 Å². The van der Waals surface area contributed by atoms with E-state index in [1.165, 1.54) is 25.4 Å². The van der Waals surface area contributed by atoms with Gasteiger partial charge in [-0.25, -0.2) is 18.9 Å². The first-order valence-corrected chi connectivity index (χ1v) is 15.7. The molecule has 0 saturated carbocycles. The Morgan fingerprint density at radius 2 is 1.71 bits per heavy atom. The van der Waals surface area contributed by atoms with Crippen molar-refractivity contribution in [3.05, 3.63) is 23.0 Å². The number of aryl methyl sites for hydroxylation is 1. The van der Waals surface area contributed by atoms with Gasteiger partial charge in [0.05, 0.1) is 18.4 Å². The lowest BCUT2D eigenvalue weighted by atomic mass is 9.98. The Bertz CT molecular complexity index is 1600. The second kappa shape index (κ2) is 12.7. The highest BCUT2D eigenvalue weighted by Crippen LogP contribution is 2.26. The van der Waals surface area contributed by atoms with Gasteiger partial charge in [0.2, 0.25) is 5.60 Å². The van der Waals surface area contributed by atoms with E-state index < -0.39 is 68.8 Å². The van der Waals surface area contributed by atoms with Gasteiger partial charge >= 0.3 is 22.4 Å². The van der Waals surface area contributed by atoms with Crippen LogP contribution in [0.5, 0.6) is 0 Å². The molecule has 3 N–H and O–H groups in total. The van der Waals surface area contributed by atoms with Crippen molar-refractivity contribution >= 4 is 56.4 Å². The Balaban J connectivity index is 1.93. The summed E-state index contributed by atoms with van der Waals surface area (Å²) >= 11 is 0.906. The average Bonchev–Trinajstić information content (AvgIpc) is 3.47. The summed E-state index contributed by atoms with van der Waals surface area (Å²) < 4.78 is 44.2. The molecule has 0 unspecified atom stereocenters. The molecular formula is C25H36N8O10S2. The number of rotatable bonds is 10. The van der Waals surface area contributed by atoms with Crippen LogP contribution in [0, 0.1) is 6.92 Å². The zero-order valence-electron chi connectivity index (χ0n) is 26.1. The molecule has 1 aliphatic rings. The van der Waals surface area contributed by atoms with Gasteiger partial charge in [-0.1, -0.05) is 5.16 Å². The number of aromatic nitrogens is 4. The maximum absolute atomic E-state index is 13.6. The summed E-state index contributed by atoms with van der Waals surface area (Å²) in [6.07, 6.45) is 0.579. The SMILES string of the molecule is Cc1cnn(C[C@@H]2[C@H](NC(=O)/C(=N/OC(C)(C)C(=O)OC(C)(C)C)c3csc(NC(=O)OC(C)(C)C)n3)C(=O)N2S(=O)(=O)O)n1. The number of anilines is 1. The second-order valence-electron chi connectivity index (χ2n) is 12.4. The van der Waals surface area contributed by atoms with Crippen molar-refractivity contribution < 1.29 is 46.5 Å². The van der Waals surface area contributed by atoms with Gasteiger partial charge in [-0.05, 0) is 62.3 Å². The van der Waals surface area contributed by atoms with Crippen LogP contribution in [0.2, 0.25) is 0 Å². The lowest BCUT2D eigenvalue weighted by Gasteiger charge is -2.43. The number of β-lactam (4-membered cyclic amide) rings is 1. The van der Waals surface area contributed by atoms with Crippen LogP contribution in [0.4, 0.5) is 9.93 Å². The number of oxime groups is 1. The number of amides is 3. The summed E-state index contributed by atoms with van der Waals surface area (Å²) in [5.74, 6) is -3.00. The molecule has 248 valence electrons. The summed E-state index contributed by atoms with van der Waals surface area (Å²) in [7, 11) is -5.00. The average molecular weight is 673 g/mol. The molecule has 0 radical (unpaired) electrons. The molecule has 0 bridgehead atoms. The number of hydrogen-bond donors (Lipinski definition) is 3. The van der Waals surface area contributed by atoms with Gasteiger partial charge in [0, 0.05) is 5.38 Å². The van der Waals surface area contributed by atoms with E-state index in [2.05, 4.69) is 31.0 Å². The lowest BCUT2D eigenvalue weighted by molar-refractivity contribution is -0.179. The van der Waals surface area contributed by atoms with Crippen LogP contribution in [-0.2, 0) is 45.5 Å². The van der Waals surface area contributed by atoms with Crippen molar-refractivity contribution in [1.29, 1.82) is 0 Å². The highest BCUT2D eigenvalue weighted by molar-refractivity contribution is 7.84. The van der Waals surface area contributed by atoms with Gasteiger partial charge in [0.1, 0.15) is 29.0 Å². The minimum atomic E-state index is -5.00. The summed E-state index contributed by atoms with van der Waals surface area (Å²) in [6, 6.07) is -2.80. The number of thiazole rings is 1. The van der Waals surface area contributed by atoms with Gasteiger partial charge in [-0.3, -0.25) is 19.5 Å². The molecule has 3 heterocycles. The van der Waals surface area contributed by atoms with E-state index in [1.54, 1.807) is 48.5 Å². The molecule has 0 aliphatic carbocycles. The van der Waals surface area contributed by atoms with E-state index in [4.69, 9.17) is 14.3 Å². The summed E-state index contributed by atoms with van der Waals surface area (Å²) in [4.78, 5) is 62.1. The zero-order valence-corrected chi connectivity index (χ0v) is 27.8. The predicted molar refractivity (Wildman–Crippen MR) is 158 cm³/mol. The molecule has 45 heavy (non-hydrogen) atoms. The third-order valence-electron chi connectivity index (χ3n) is 5.53. The summed E-state index contributed by atoms with van der Waals surface area (Å²) in [5, 5.41) is 18.0. The molecule has 3 amide bonds. The van der Waals surface area contributed by atoms with Crippen molar-refractivity contribution in [3.63, 3.8) is 0 Å². The van der Waals surface area contributed by atoms with E-state index in [9.17, 15) is 32.1 Å². The van der Waals surface area contributed by atoms with Crippen molar-refractivity contribution in [2.75, 3.05) is 5.32 Å². The van der Waals surface area contributed by atoms with Crippen LogP contribution in [-0.4, -0.2) is 95.7 Å². The zero-order chi connectivity index (χ0) is 34.1. The molecule has 0 spiro atoms.